The zero-order chi connectivity index (χ0) is 38.3. The molecular formula is C52H39N5. The van der Waals surface area contributed by atoms with E-state index in [-0.39, 0.29) is 5.41 Å². The Balaban J connectivity index is 1.19. The maximum absolute atomic E-state index is 5.57. The zero-order valence-corrected chi connectivity index (χ0v) is 32.0. The number of H-pyrrole nitrogens is 1. The summed E-state index contributed by atoms with van der Waals surface area (Å²) in [6.45, 7) is 6.90. The molecule has 0 aliphatic rings. The van der Waals surface area contributed by atoms with Gasteiger partial charge in [-0.3, -0.25) is 9.13 Å². The normalized spacial score (nSPS) is 12.1. The number of hydrogen-bond donors (Lipinski definition) is 1. The number of rotatable bonds is 5. The molecule has 5 heteroatoms. The Kier molecular flexibility index (Phi) is 7.35. The van der Waals surface area contributed by atoms with Gasteiger partial charge in [-0.2, -0.15) is 0 Å². The number of hydrogen-bond acceptors (Lipinski definition) is 2. The van der Waals surface area contributed by atoms with Crippen LogP contribution in [0.4, 0.5) is 0 Å². The van der Waals surface area contributed by atoms with Crippen LogP contribution in [0.5, 0.6) is 0 Å². The molecule has 1 N–H and O–H groups in total. The predicted molar refractivity (Wildman–Crippen MR) is 238 cm³/mol. The van der Waals surface area contributed by atoms with Crippen molar-refractivity contribution in [3.8, 4) is 45.1 Å². The zero-order valence-electron chi connectivity index (χ0n) is 32.0. The van der Waals surface area contributed by atoms with Gasteiger partial charge in [-0.25, -0.2) is 9.97 Å². The van der Waals surface area contributed by atoms with Gasteiger partial charge < -0.3 is 4.98 Å². The van der Waals surface area contributed by atoms with Gasteiger partial charge in [0.25, 0.3) is 0 Å². The second-order valence-corrected chi connectivity index (χ2v) is 16.0. The number of nitrogens with one attached hydrogen (secondary N) is 1. The summed E-state index contributed by atoms with van der Waals surface area (Å²) in [6, 6.07) is 60.8. The molecule has 11 aromatic rings. The minimum absolute atomic E-state index is 0.0853. The third-order valence-electron chi connectivity index (χ3n) is 11.5. The first-order valence-electron chi connectivity index (χ1n) is 19.6. The molecule has 0 amide bonds. The lowest BCUT2D eigenvalue weighted by Gasteiger charge is -2.24. The second-order valence-electron chi connectivity index (χ2n) is 16.0. The molecule has 0 aliphatic heterocycles. The van der Waals surface area contributed by atoms with Gasteiger partial charge in [0, 0.05) is 50.1 Å². The average Bonchev–Trinajstić information content (AvgIpc) is 3.93. The minimum atomic E-state index is -0.0853. The molecule has 0 unspecified atom stereocenters. The maximum atomic E-state index is 5.57. The van der Waals surface area contributed by atoms with E-state index in [1.807, 2.05) is 12.3 Å². The van der Waals surface area contributed by atoms with Gasteiger partial charge in [-0.1, -0.05) is 130 Å². The fourth-order valence-corrected chi connectivity index (χ4v) is 8.85. The SMILES string of the molecule is CC(C)(C)c1cc2c(cc1-c1ccccc1)c1ccc(-c3cccc4c3nc(-c3cccc5c3[nH]c3ccccc35)n4-c3ccccc3)cc1n2-c1ccccn1. The second kappa shape index (κ2) is 12.7. The Morgan fingerprint density at radius 3 is 2.02 bits per heavy atom. The molecule has 0 spiro atoms. The van der Waals surface area contributed by atoms with Crippen LogP contribution in [0.2, 0.25) is 0 Å². The number of fused-ring (bicyclic) bond motifs is 7. The molecule has 0 saturated heterocycles. The van der Waals surface area contributed by atoms with Crippen LogP contribution >= 0.6 is 0 Å². The molecule has 5 nitrogen and oxygen atoms in total. The number of nitrogens with zero attached hydrogens (tertiary/aromatic N) is 4. The van der Waals surface area contributed by atoms with E-state index in [0.29, 0.717) is 0 Å². The summed E-state index contributed by atoms with van der Waals surface area (Å²) in [7, 11) is 0. The average molecular weight is 734 g/mol. The van der Waals surface area contributed by atoms with E-state index < -0.39 is 0 Å². The van der Waals surface area contributed by atoms with Gasteiger partial charge >= 0.3 is 0 Å². The topological polar surface area (TPSA) is 51.4 Å². The van der Waals surface area contributed by atoms with Crippen LogP contribution < -0.4 is 0 Å². The lowest BCUT2D eigenvalue weighted by atomic mass is 9.81. The first-order valence-corrected chi connectivity index (χ1v) is 19.6. The van der Waals surface area contributed by atoms with Crippen LogP contribution in [0.3, 0.4) is 0 Å². The van der Waals surface area contributed by atoms with Crippen LogP contribution in [0.15, 0.2) is 176 Å². The number of aromatic amines is 1. The van der Waals surface area contributed by atoms with E-state index in [2.05, 4.69) is 199 Å². The summed E-state index contributed by atoms with van der Waals surface area (Å²) in [5.41, 5.74) is 14.4. The lowest BCUT2D eigenvalue weighted by molar-refractivity contribution is 0.592. The number of benzene rings is 7. The first kappa shape index (κ1) is 33.1. The molecule has 7 aromatic carbocycles. The molecular weight excluding hydrogens is 695 g/mol. The van der Waals surface area contributed by atoms with Crippen molar-refractivity contribution in [2.45, 2.75) is 26.2 Å². The minimum Gasteiger partial charge on any atom is -0.354 e. The van der Waals surface area contributed by atoms with Gasteiger partial charge in [0.2, 0.25) is 0 Å². The highest BCUT2D eigenvalue weighted by atomic mass is 15.1. The van der Waals surface area contributed by atoms with Crippen LogP contribution in [-0.2, 0) is 5.41 Å². The Morgan fingerprint density at radius 2 is 1.21 bits per heavy atom. The van der Waals surface area contributed by atoms with Gasteiger partial charge in [0.05, 0.1) is 27.6 Å². The Morgan fingerprint density at radius 1 is 0.491 bits per heavy atom. The summed E-state index contributed by atoms with van der Waals surface area (Å²) < 4.78 is 4.64. The molecule has 0 bridgehead atoms. The van der Waals surface area contributed by atoms with E-state index in [0.717, 1.165) is 67.1 Å². The number of pyridine rings is 1. The molecule has 4 heterocycles. The van der Waals surface area contributed by atoms with Gasteiger partial charge in [0.1, 0.15) is 11.6 Å². The quantitative estimate of drug-likeness (QED) is 0.191. The summed E-state index contributed by atoms with van der Waals surface area (Å²) >= 11 is 0. The van der Waals surface area contributed by atoms with Crippen LogP contribution in [0.1, 0.15) is 26.3 Å². The van der Waals surface area contributed by atoms with E-state index in [9.17, 15) is 0 Å². The Hall–Kier alpha value is -7.24. The molecule has 0 atom stereocenters. The van der Waals surface area contributed by atoms with Gasteiger partial charge in [-0.15, -0.1) is 0 Å². The molecule has 0 aliphatic carbocycles. The number of imidazole rings is 1. The molecule has 4 aromatic heterocycles. The van der Waals surface area contributed by atoms with E-state index >= 15 is 0 Å². The summed E-state index contributed by atoms with van der Waals surface area (Å²) in [5, 5.41) is 4.78. The molecule has 272 valence electrons. The summed E-state index contributed by atoms with van der Waals surface area (Å²) in [5.74, 6) is 1.79. The first-order chi connectivity index (χ1) is 27.9. The Bertz CT molecular complexity index is 3310. The van der Waals surface area contributed by atoms with Crippen molar-refractivity contribution in [1.29, 1.82) is 0 Å². The standard InChI is InChI=1S/C52H39N5/c1-52(2,3)43-32-47-42(31-41(43)33-16-6-4-7-17-33)38-28-27-34(30-46(38)57(47)48-26-12-13-29-53-48)36-21-15-25-45-50(36)55-51(56(45)35-18-8-5-9-19-35)40-23-14-22-39-37-20-10-11-24-44(37)54-49(39)40/h4-32,54H,1-3H3. The molecule has 0 fully saturated rings. The largest absolute Gasteiger partial charge is 0.354 e. The smallest absolute Gasteiger partial charge is 0.147 e. The molecule has 0 radical (unpaired) electrons. The Labute approximate surface area is 330 Å². The summed E-state index contributed by atoms with van der Waals surface area (Å²) in [4.78, 5) is 14.2. The summed E-state index contributed by atoms with van der Waals surface area (Å²) in [6.07, 6.45) is 1.88. The number of aromatic nitrogens is 5. The monoisotopic (exact) mass is 733 g/mol. The molecule has 57 heavy (non-hydrogen) atoms. The van der Waals surface area contributed by atoms with Crippen molar-refractivity contribution in [1.82, 2.24) is 24.1 Å². The van der Waals surface area contributed by atoms with E-state index in [1.165, 1.54) is 38.2 Å². The third-order valence-corrected chi connectivity index (χ3v) is 11.5. The van der Waals surface area contributed by atoms with Crippen molar-refractivity contribution in [3.63, 3.8) is 0 Å². The third kappa shape index (κ3) is 5.23. The van der Waals surface area contributed by atoms with Crippen LogP contribution in [0, 0.1) is 0 Å². The van der Waals surface area contributed by atoms with Crippen molar-refractivity contribution in [2.75, 3.05) is 0 Å². The van der Waals surface area contributed by atoms with Crippen molar-refractivity contribution in [3.05, 3.63) is 182 Å². The van der Waals surface area contributed by atoms with Crippen LogP contribution in [-0.4, -0.2) is 24.1 Å². The molecule has 11 rings (SSSR count). The van der Waals surface area contributed by atoms with Crippen molar-refractivity contribution < 1.29 is 0 Å². The highest BCUT2D eigenvalue weighted by Crippen LogP contribution is 2.43. The molecule has 0 saturated carbocycles. The fourth-order valence-electron chi connectivity index (χ4n) is 8.85. The predicted octanol–water partition coefficient (Wildman–Crippen LogP) is 13.5. The van der Waals surface area contributed by atoms with Gasteiger partial charge in [0.15, 0.2) is 0 Å². The lowest BCUT2D eigenvalue weighted by Crippen LogP contribution is -2.13. The van der Waals surface area contributed by atoms with Crippen molar-refractivity contribution >= 4 is 54.6 Å². The highest BCUT2D eigenvalue weighted by molar-refractivity contribution is 6.14. The maximum Gasteiger partial charge on any atom is 0.147 e. The van der Waals surface area contributed by atoms with Gasteiger partial charge in [-0.05, 0) is 88.3 Å². The van der Waals surface area contributed by atoms with E-state index in [4.69, 9.17) is 9.97 Å². The van der Waals surface area contributed by atoms with Crippen molar-refractivity contribution in [2.24, 2.45) is 0 Å². The number of para-hydroxylation sites is 4. The van der Waals surface area contributed by atoms with Crippen LogP contribution in [0.25, 0.3) is 99.8 Å². The van der Waals surface area contributed by atoms with E-state index in [1.54, 1.807) is 0 Å². The highest BCUT2D eigenvalue weighted by Gasteiger charge is 2.25. The fraction of sp³-hybridized carbons (Fsp3) is 0.0769.